The molecule has 0 aliphatic carbocycles. The highest BCUT2D eigenvalue weighted by Gasteiger charge is 2.47. The summed E-state index contributed by atoms with van der Waals surface area (Å²) >= 11 is 0. The minimum atomic E-state index is -0.407. The molecule has 1 aliphatic heterocycles. The molecule has 0 bridgehead atoms. The standard InChI is InChI=1S/C13H27N2O3/c1-12(2)9-11(10-13(3,4)15(12)18)14(5-7-16)6-8-17/h11,16-17H,5-10H2,1-4H3. The average molecular weight is 259 g/mol. The van der Waals surface area contributed by atoms with Gasteiger partial charge in [0.1, 0.15) is 0 Å². The first kappa shape index (κ1) is 15.9. The van der Waals surface area contributed by atoms with Gasteiger partial charge in [-0.15, -0.1) is 10.3 Å². The van der Waals surface area contributed by atoms with Crippen molar-refractivity contribution in [3.05, 3.63) is 0 Å². The molecule has 5 heteroatoms. The third kappa shape index (κ3) is 3.42. The van der Waals surface area contributed by atoms with Crippen LogP contribution in [0.1, 0.15) is 40.5 Å². The summed E-state index contributed by atoms with van der Waals surface area (Å²) in [6.07, 6.45) is 1.53. The Kier molecular flexibility index (Phi) is 5.14. The van der Waals surface area contributed by atoms with E-state index in [0.29, 0.717) is 13.1 Å². The third-order valence-corrected chi connectivity index (χ3v) is 3.86. The summed E-state index contributed by atoms with van der Waals surface area (Å²) in [6.45, 7) is 9.12. The van der Waals surface area contributed by atoms with E-state index < -0.39 is 11.1 Å². The fraction of sp³-hybridized carbons (Fsp3) is 1.00. The van der Waals surface area contributed by atoms with Crippen molar-refractivity contribution in [3.8, 4) is 0 Å². The minimum absolute atomic E-state index is 0.0818. The summed E-state index contributed by atoms with van der Waals surface area (Å²) in [5, 5.41) is 31.7. The van der Waals surface area contributed by atoms with E-state index >= 15 is 0 Å². The fourth-order valence-electron chi connectivity index (χ4n) is 3.20. The zero-order chi connectivity index (χ0) is 14.0. The van der Waals surface area contributed by atoms with Gasteiger partial charge in [-0.05, 0) is 40.5 Å². The van der Waals surface area contributed by atoms with E-state index in [1.165, 1.54) is 5.06 Å². The molecular formula is C13H27N2O3. The highest BCUT2D eigenvalue weighted by atomic mass is 16.5. The average Bonchev–Trinajstić information content (AvgIpc) is 2.24. The molecule has 1 heterocycles. The van der Waals surface area contributed by atoms with Crippen LogP contribution in [0.2, 0.25) is 0 Å². The largest absolute Gasteiger partial charge is 0.395 e. The first-order chi connectivity index (χ1) is 8.24. The Labute approximate surface area is 110 Å². The lowest BCUT2D eigenvalue weighted by atomic mass is 9.78. The van der Waals surface area contributed by atoms with E-state index in [-0.39, 0.29) is 19.3 Å². The zero-order valence-electron chi connectivity index (χ0n) is 12.0. The molecule has 0 unspecified atom stereocenters. The van der Waals surface area contributed by atoms with Crippen LogP contribution in [0.3, 0.4) is 0 Å². The van der Waals surface area contributed by atoms with Gasteiger partial charge in [0, 0.05) is 30.2 Å². The molecule has 1 fully saturated rings. The molecule has 2 N–H and O–H groups in total. The second-order valence-electron chi connectivity index (χ2n) is 6.46. The quantitative estimate of drug-likeness (QED) is 0.760. The molecule has 18 heavy (non-hydrogen) atoms. The molecule has 107 valence electrons. The third-order valence-electron chi connectivity index (χ3n) is 3.86. The van der Waals surface area contributed by atoms with Crippen LogP contribution in [-0.2, 0) is 5.21 Å². The second-order valence-corrected chi connectivity index (χ2v) is 6.46. The van der Waals surface area contributed by atoms with Crippen molar-refractivity contribution in [3.63, 3.8) is 0 Å². The van der Waals surface area contributed by atoms with Crippen LogP contribution >= 0.6 is 0 Å². The summed E-state index contributed by atoms with van der Waals surface area (Å²) in [7, 11) is 0. The summed E-state index contributed by atoms with van der Waals surface area (Å²) in [4.78, 5) is 2.09. The predicted octanol–water partition coefficient (Wildman–Crippen LogP) is 0.640. The molecule has 0 saturated carbocycles. The Morgan fingerprint density at radius 1 is 1.06 bits per heavy atom. The number of hydrogen-bond donors (Lipinski definition) is 2. The van der Waals surface area contributed by atoms with Crippen molar-refractivity contribution >= 4 is 0 Å². The monoisotopic (exact) mass is 259 g/mol. The van der Waals surface area contributed by atoms with Gasteiger partial charge in [0.2, 0.25) is 0 Å². The highest BCUT2D eigenvalue weighted by Crippen LogP contribution is 2.38. The Morgan fingerprint density at radius 3 is 1.78 bits per heavy atom. The molecule has 1 saturated heterocycles. The highest BCUT2D eigenvalue weighted by molar-refractivity contribution is 4.99. The molecule has 0 aromatic carbocycles. The lowest BCUT2D eigenvalue weighted by Crippen LogP contribution is -2.62. The molecule has 0 aromatic heterocycles. The maximum atomic E-state index is 12.3. The van der Waals surface area contributed by atoms with E-state index in [9.17, 15) is 5.21 Å². The van der Waals surface area contributed by atoms with Gasteiger partial charge in [-0.25, -0.2) is 0 Å². The number of nitrogens with zero attached hydrogens (tertiary/aromatic N) is 2. The van der Waals surface area contributed by atoms with Crippen molar-refractivity contribution in [1.29, 1.82) is 0 Å². The minimum Gasteiger partial charge on any atom is -0.395 e. The molecule has 5 nitrogen and oxygen atoms in total. The van der Waals surface area contributed by atoms with E-state index in [4.69, 9.17) is 10.2 Å². The SMILES string of the molecule is CC1(C)CC(N(CCO)CCO)CC(C)(C)N1[O]. The molecule has 1 radical (unpaired) electrons. The van der Waals surface area contributed by atoms with Crippen molar-refractivity contribution < 1.29 is 15.4 Å². The van der Waals surface area contributed by atoms with Crippen LogP contribution in [0.4, 0.5) is 0 Å². The topological polar surface area (TPSA) is 66.8 Å². The molecule has 1 aliphatic rings. The maximum Gasteiger partial charge on any atom is 0.0558 e. The lowest BCUT2D eigenvalue weighted by Gasteiger charge is -2.52. The van der Waals surface area contributed by atoms with E-state index in [1.54, 1.807) is 0 Å². The van der Waals surface area contributed by atoms with Gasteiger partial charge in [0.25, 0.3) is 0 Å². The first-order valence-corrected chi connectivity index (χ1v) is 6.68. The first-order valence-electron chi connectivity index (χ1n) is 6.68. The van der Waals surface area contributed by atoms with E-state index in [1.807, 2.05) is 27.7 Å². The Hall–Kier alpha value is -0.200. The van der Waals surface area contributed by atoms with Crippen LogP contribution in [-0.4, -0.2) is 63.6 Å². The Balaban J connectivity index is 2.83. The number of hydroxylamine groups is 2. The van der Waals surface area contributed by atoms with Crippen molar-refractivity contribution in [2.24, 2.45) is 0 Å². The summed E-state index contributed by atoms with van der Waals surface area (Å²) < 4.78 is 0. The van der Waals surface area contributed by atoms with Gasteiger partial charge in [0.05, 0.1) is 13.2 Å². The normalized spacial score (nSPS) is 24.7. The van der Waals surface area contributed by atoms with Gasteiger partial charge in [-0.1, -0.05) is 0 Å². The zero-order valence-corrected chi connectivity index (χ0v) is 12.0. The summed E-state index contributed by atoms with van der Waals surface area (Å²) in [5.41, 5.74) is -0.814. The van der Waals surface area contributed by atoms with Gasteiger partial charge in [0.15, 0.2) is 0 Å². The summed E-state index contributed by atoms with van der Waals surface area (Å²) in [6, 6.07) is 0.236. The smallest absolute Gasteiger partial charge is 0.0558 e. The molecule has 0 atom stereocenters. The van der Waals surface area contributed by atoms with Crippen LogP contribution in [0.5, 0.6) is 0 Å². The fourth-order valence-corrected chi connectivity index (χ4v) is 3.20. The van der Waals surface area contributed by atoms with Crippen molar-refractivity contribution in [2.45, 2.75) is 57.7 Å². The molecule has 1 rings (SSSR count). The van der Waals surface area contributed by atoms with Gasteiger partial charge >= 0.3 is 0 Å². The van der Waals surface area contributed by atoms with Crippen molar-refractivity contribution in [2.75, 3.05) is 26.3 Å². The number of piperidine rings is 1. The number of aliphatic hydroxyl groups excluding tert-OH is 2. The maximum absolute atomic E-state index is 12.3. The summed E-state index contributed by atoms with van der Waals surface area (Å²) in [5.74, 6) is 0. The second kappa shape index (κ2) is 5.84. The van der Waals surface area contributed by atoms with E-state index in [0.717, 1.165) is 12.8 Å². The van der Waals surface area contributed by atoms with Crippen LogP contribution in [0.15, 0.2) is 0 Å². The Bertz CT molecular complexity index is 245. The van der Waals surface area contributed by atoms with Crippen molar-refractivity contribution in [1.82, 2.24) is 9.96 Å². The number of hydrogen-bond acceptors (Lipinski definition) is 4. The van der Waals surface area contributed by atoms with Gasteiger partial charge < -0.3 is 10.2 Å². The van der Waals surface area contributed by atoms with Crippen LogP contribution in [0.25, 0.3) is 0 Å². The van der Waals surface area contributed by atoms with Gasteiger partial charge in [-0.2, -0.15) is 0 Å². The molecular weight excluding hydrogens is 232 g/mol. The van der Waals surface area contributed by atoms with Crippen LogP contribution < -0.4 is 0 Å². The lowest BCUT2D eigenvalue weighted by molar-refractivity contribution is -0.294. The Morgan fingerprint density at radius 2 is 1.44 bits per heavy atom. The molecule has 0 spiro atoms. The predicted molar refractivity (Wildman–Crippen MR) is 69.5 cm³/mol. The molecule has 0 amide bonds. The number of rotatable bonds is 5. The van der Waals surface area contributed by atoms with Crippen LogP contribution in [0, 0.1) is 0 Å². The van der Waals surface area contributed by atoms with E-state index in [2.05, 4.69) is 4.90 Å². The number of aliphatic hydroxyl groups is 2. The molecule has 0 aromatic rings. The van der Waals surface area contributed by atoms with Gasteiger partial charge in [-0.3, -0.25) is 4.90 Å².